The van der Waals surface area contributed by atoms with E-state index in [1.165, 1.54) is 0 Å². The molecule has 0 radical (unpaired) electrons. The fourth-order valence-electron chi connectivity index (χ4n) is 2.48. The minimum absolute atomic E-state index is 0.323. The van der Waals surface area contributed by atoms with Gasteiger partial charge < -0.3 is 29.6 Å². The van der Waals surface area contributed by atoms with Crippen molar-refractivity contribution < 1.29 is 23.7 Å². The number of ether oxygens (including phenoxy) is 4. The molecule has 0 bridgehead atoms. The lowest BCUT2D eigenvalue weighted by atomic mass is 10.2. The highest BCUT2D eigenvalue weighted by Crippen LogP contribution is 2.30. The standard InChI is InChI=1S/C20H26N2O5/c1-5-26-17-10-8-15(12-19(17)27-6-2)22-20(23)21-13-14-7-9-16(24-3)18(11-14)25-4/h7-12H,5-6,13H2,1-4H3,(H2,21,22,23). The lowest BCUT2D eigenvalue weighted by Crippen LogP contribution is -2.28. The average molecular weight is 374 g/mol. The van der Waals surface area contributed by atoms with Crippen LogP contribution in [0.3, 0.4) is 0 Å². The summed E-state index contributed by atoms with van der Waals surface area (Å²) in [6.07, 6.45) is 0. The Hall–Kier alpha value is -3.09. The van der Waals surface area contributed by atoms with Crippen LogP contribution in [0.15, 0.2) is 36.4 Å². The lowest BCUT2D eigenvalue weighted by molar-refractivity contribution is 0.251. The van der Waals surface area contributed by atoms with Gasteiger partial charge in [0.15, 0.2) is 23.0 Å². The summed E-state index contributed by atoms with van der Waals surface area (Å²) >= 11 is 0. The van der Waals surface area contributed by atoms with Crippen LogP contribution in [0.25, 0.3) is 0 Å². The maximum atomic E-state index is 12.2. The molecule has 0 heterocycles. The number of amides is 2. The second-order valence-electron chi connectivity index (χ2n) is 5.52. The molecule has 2 N–H and O–H groups in total. The molecule has 2 rings (SSSR count). The minimum Gasteiger partial charge on any atom is -0.493 e. The Labute approximate surface area is 159 Å². The molecule has 0 aliphatic heterocycles. The number of methoxy groups -OCH3 is 2. The summed E-state index contributed by atoms with van der Waals surface area (Å²) in [5, 5.41) is 5.60. The molecule has 0 aromatic heterocycles. The van der Waals surface area contributed by atoms with E-state index in [9.17, 15) is 4.79 Å². The SMILES string of the molecule is CCOc1ccc(NC(=O)NCc2ccc(OC)c(OC)c2)cc1OCC. The zero-order chi connectivity index (χ0) is 19.6. The van der Waals surface area contributed by atoms with Crippen LogP contribution in [-0.4, -0.2) is 33.5 Å². The van der Waals surface area contributed by atoms with Gasteiger partial charge in [0, 0.05) is 18.3 Å². The number of urea groups is 1. The van der Waals surface area contributed by atoms with E-state index in [2.05, 4.69) is 10.6 Å². The number of carbonyl (C=O) groups is 1. The molecule has 27 heavy (non-hydrogen) atoms. The number of carbonyl (C=O) groups excluding carboxylic acids is 1. The van der Waals surface area contributed by atoms with Gasteiger partial charge in [0.05, 0.1) is 27.4 Å². The van der Waals surface area contributed by atoms with E-state index in [4.69, 9.17) is 18.9 Å². The van der Waals surface area contributed by atoms with Crippen molar-refractivity contribution in [3.8, 4) is 23.0 Å². The summed E-state index contributed by atoms with van der Waals surface area (Å²) in [6.45, 7) is 5.20. The van der Waals surface area contributed by atoms with Gasteiger partial charge in [-0.05, 0) is 43.7 Å². The first-order valence-corrected chi connectivity index (χ1v) is 8.76. The number of benzene rings is 2. The summed E-state index contributed by atoms with van der Waals surface area (Å²) in [7, 11) is 3.15. The molecule has 0 aliphatic rings. The van der Waals surface area contributed by atoms with Gasteiger partial charge in [0.2, 0.25) is 0 Å². The third kappa shape index (κ3) is 5.70. The van der Waals surface area contributed by atoms with Gasteiger partial charge in [-0.25, -0.2) is 4.79 Å². The van der Waals surface area contributed by atoms with E-state index in [0.29, 0.717) is 48.4 Å². The summed E-state index contributed by atoms with van der Waals surface area (Å²) in [4.78, 5) is 12.2. The highest BCUT2D eigenvalue weighted by Gasteiger charge is 2.09. The first-order valence-electron chi connectivity index (χ1n) is 8.76. The van der Waals surface area contributed by atoms with E-state index >= 15 is 0 Å². The molecule has 7 heteroatoms. The van der Waals surface area contributed by atoms with Gasteiger partial charge in [-0.1, -0.05) is 6.07 Å². The van der Waals surface area contributed by atoms with Crippen molar-refractivity contribution in [2.45, 2.75) is 20.4 Å². The molecular weight excluding hydrogens is 348 g/mol. The average Bonchev–Trinajstić information content (AvgIpc) is 2.68. The Kier molecular flexibility index (Phi) is 7.61. The Morgan fingerprint density at radius 3 is 2.19 bits per heavy atom. The first-order chi connectivity index (χ1) is 13.1. The van der Waals surface area contributed by atoms with Crippen LogP contribution in [0, 0.1) is 0 Å². The summed E-state index contributed by atoms with van der Waals surface area (Å²) in [6, 6.07) is 10.5. The molecule has 7 nitrogen and oxygen atoms in total. The number of rotatable bonds is 9. The van der Waals surface area contributed by atoms with Crippen molar-refractivity contribution in [3.63, 3.8) is 0 Å². The molecule has 0 saturated carbocycles. The fraction of sp³-hybridized carbons (Fsp3) is 0.350. The molecular formula is C20H26N2O5. The van der Waals surface area contributed by atoms with Gasteiger partial charge in [0.1, 0.15) is 0 Å². The smallest absolute Gasteiger partial charge is 0.319 e. The predicted molar refractivity (Wildman–Crippen MR) is 104 cm³/mol. The van der Waals surface area contributed by atoms with Gasteiger partial charge >= 0.3 is 6.03 Å². The minimum atomic E-state index is -0.323. The monoisotopic (exact) mass is 374 g/mol. The van der Waals surface area contributed by atoms with E-state index in [1.54, 1.807) is 38.5 Å². The van der Waals surface area contributed by atoms with Crippen molar-refractivity contribution in [1.82, 2.24) is 5.32 Å². The summed E-state index contributed by atoms with van der Waals surface area (Å²) in [5.74, 6) is 2.50. The van der Waals surface area contributed by atoms with Crippen LogP contribution in [-0.2, 0) is 6.54 Å². The Bertz CT molecular complexity index is 764. The van der Waals surface area contributed by atoms with Gasteiger partial charge in [-0.3, -0.25) is 0 Å². The van der Waals surface area contributed by atoms with Crippen LogP contribution in [0.2, 0.25) is 0 Å². The Morgan fingerprint density at radius 2 is 1.52 bits per heavy atom. The second-order valence-corrected chi connectivity index (χ2v) is 5.52. The van der Waals surface area contributed by atoms with E-state index < -0.39 is 0 Å². The van der Waals surface area contributed by atoms with Crippen LogP contribution < -0.4 is 29.6 Å². The van der Waals surface area contributed by atoms with E-state index in [-0.39, 0.29) is 6.03 Å². The maximum absolute atomic E-state index is 12.2. The Morgan fingerprint density at radius 1 is 0.852 bits per heavy atom. The normalized spacial score (nSPS) is 10.1. The van der Waals surface area contributed by atoms with Crippen LogP contribution in [0.1, 0.15) is 19.4 Å². The molecule has 2 amide bonds. The predicted octanol–water partition coefficient (Wildman–Crippen LogP) is 3.82. The van der Waals surface area contributed by atoms with Gasteiger partial charge in [-0.2, -0.15) is 0 Å². The topological polar surface area (TPSA) is 78.1 Å². The number of anilines is 1. The third-order valence-electron chi connectivity index (χ3n) is 3.70. The molecule has 0 unspecified atom stereocenters. The van der Waals surface area contributed by atoms with Crippen LogP contribution >= 0.6 is 0 Å². The van der Waals surface area contributed by atoms with Crippen molar-refractivity contribution in [2.75, 3.05) is 32.8 Å². The van der Waals surface area contributed by atoms with E-state index in [0.717, 1.165) is 5.56 Å². The van der Waals surface area contributed by atoms with Crippen LogP contribution in [0.5, 0.6) is 23.0 Å². The largest absolute Gasteiger partial charge is 0.493 e. The van der Waals surface area contributed by atoms with Crippen molar-refractivity contribution in [3.05, 3.63) is 42.0 Å². The van der Waals surface area contributed by atoms with Crippen molar-refractivity contribution >= 4 is 11.7 Å². The van der Waals surface area contributed by atoms with Crippen LogP contribution in [0.4, 0.5) is 10.5 Å². The summed E-state index contributed by atoms with van der Waals surface area (Å²) < 4.78 is 21.6. The molecule has 0 aliphatic carbocycles. The fourth-order valence-corrected chi connectivity index (χ4v) is 2.48. The third-order valence-corrected chi connectivity index (χ3v) is 3.70. The molecule has 2 aromatic carbocycles. The van der Waals surface area contributed by atoms with E-state index in [1.807, 2.05) is 26.0 Å². The van der Waals surface area contributed by atoms with Gasteiger partial charge in [0.25, 0.3) is 0 Å². The zero-order valence-electron chi connectivity index (χ0n) is 16.1. The molecule has 0 spiro atoms. The van der Waals surface area contributed by atoms with Crippen molar-refractivity contribution in [2.24, 2.45) is 0 Å². The lowest BCUT2D eigenvalue weighted by Gasteiger charge is -2.14. The second kappa shape index (κ2) is 10.2. The quantitative estimate of drug-likeness (QED) is 0.698. The first kappa shape index (κ1) is 20.2. The molecule has 0 atom stereocenters. The van der Waals surface area contributed by atoms with Crippen molar-refractivity contribution in [1.29, 1.82) is 0 Å². The zero-order valence-corrected chi connectivity index (χ0v) is 16.1. The number of hydrogen-bond donors (Lipinski definition) is 2. The highest BCUT2D eigenvalue weighted by atomic mass is 16.5. The Balaban J connectivity index is 1.98. The highest BCUT2D eigenvalue weighted by molar-refractivity contribution is 5.89. The van der Waals surface area contributed by atoms with Gasteiger partial charge in [-0.15, -0.1) is 0 Å². The summed E-state index contributed by atoms with van der Waals surface area (Å²) in [5.41, 5.74) is 1.51. The number of hydrogen-bond acceptors (Lipinski definition) is 5. The number of nitrogens with one attached hydrogen (secondary N) is 2. The molecule has 0 saturated heterocycles. The molecule has 146 valence electrons. The molecule has 0 fully saturated rings. The molecule has 2 aromatic rings. The maximum Gasteiger partial charge on any atom is 0.319 e.